The van der Waals surface area contributed by atoms with Crippen molar-refractivity contribution in [1.29, 1.82) is 0 Å². The molecule has 2 heterocycles. The number of aromatic nitrogens is 1. The van der Waals surface area contributed by atoms with E-state index in [-0.39, 0.29) is 6.04 Å². The van der Waals surface area contributed by atoms with Crippen molar-refractivity contribution in [1.82, 2.24) is 4.98 Å². The van der Waals surface area contributed by atoms with Crippen LogP contribution in [0, 0.1) is 0 Å². The number of hydrogen-bond acceptors (Lipinski definition) is 1. The number of benzene rings is 2. The quantitative estimate of drug-likeness (QED) is 0.368. The van der Waals surface area contributed by atoms with Crippen molar-refractivity contribution in [3.63, 3.8) is 0 Å². The minimum atomic E-state index is -0.0551. The van der Waals surface area contributed by atoms with Gasteiger partial charge in [-0.15, -0.1) is 0 Å². The fourth-order valence-corrected chi connectivity index (χ4v) is 3.45. The standard InChI is InChI=1S/C23H21N2O/c1-17(21-15-24-22-13-7-6-12-20(21)22)23(18-9-4-3-5-10-18)25(2)16-19-11-8-14-26-19/h3-15,23-24H,1-2,16H2/q+1. The van der Waals surface area contributed by atoms with Crippen LogP contribution >= 0.6 is 0 Å². The molecule has 26 heavy (non-hydrogen) atoms. The van der Waals surface area contributed by atoms with Gasteiger partial charge < -0.3 is 9.40 Å². The molecule has 2 aromatic carbocycles. The maximum Gasteiger partial charge on any atom is 0.203 e. The molecular weight excluding hydrogens is 320 g/mol. The van der Waals surface area contributed by atoms with Crippen LogP contribution in [0.3, 0.4) is 0 Å². The van der Waals surface area contributed by atoms with E-state index in [0.717, 1.165) is 28.0 Å². The van der Waals surface area contributed by atoms with Gasteiger partial charge in [0.25, 0.3) is 0 Å². The minimum Gasteiger partial charge on any atom is -0.463 e. The van der Waals surface area contributed by atoms with Gasteiger partial charge in [0.1, 0.15) is 6.72 Å². The monoisotopic (exact) mass is 341 g/mol. The molecule has 0 aliphatic carbocycles. The molecule has 0 radical (unpaired) electrons. The first-order valence-electron chi connectivity index (χ1n) is 8.64. The molecule has 0 aliphatic heterocycles. The van der Waals surface area contributed by atoms with Crippen LogP contribution in [0.1, 0.15) is 22.9 Å². The van der Waals surface area contributed by atoms with Crippen molar-refractivity contribution in [3.05, 3.63) is 103 Å². The summed E-state index contributed by atoms with van der Waals surface area (Å²) in [7, 11) is 0. The van der Waals surface area contributed by atoms with Crippen molar-refractivity contribution in [2.75, 3.05) is 0 Å². The maximum absolute atomic E-state index is 5.51. The first-order valence-corrected chi connectivity index (χ1v) is 8.64. The van der Waals surface area contributed by atoms with Crippen LogP contribution in [0.5, 0.6) is 0 Å². The van der Waals surface area contributed by atoms with Gasteiger partial charge in [-0.3, -0.25) is 0 Å². The summed E-state index contributed by atoms with van der Waals surface area (Å²) in [5, 5.41) is 1.17. The Balaban J connectivity index is 1.75. The molecule has 4 rings (SSSR count). The minimum absolute atomic E-state index is 0.0551. The number of hydrogen-bond donors (Lipinski definition) is 1. The molecule has 1 atom stereocenters. The van der Waals surface area contributed by atoms with Gasteiger partial charge in [-0.25, -0.2) is 4.58 Å². The van der Waals surface area contributed by atoms with E-state index in [1.807, 2.05) is 47.2 Å². The van der Waals surface area contributed by atoms with Gasteiger partial charge in [0.2, 0.25) is 12.6 Å². The third-order valence-electron chi connectivity index (χ3n) is 4.68. The fourth-order valence-electron chi connectivity index (χ4n) is 3.45. The molecule has 0 fully saturated rings. The molecule has 2 aromatic heterocycles. The first kappa shape index (κ1) is 16.2. The Morgan fingerprint density at radius 1 is 1.00 bits per heavy atom. The van der Waals surface area contributed by atoms with E-state index in [1.165, 1.54) is 5.39 Å². The average Bonchev–Trinajstić information content (AvgIpc) is 3.32. The van der Waals surface area contributed by atoms with Crippen LogP contribution in [0.4, 0.5) is 0 Å². The average molecular weight is 341 g/mol. The molecular formula is C23H21N2O+. The largest absolute Gasteiger partial charge is 0.463 e. The van der Waals surface area contributed by atoms with E-state index in [2.05, 4.69) is 48.6 Å². The molecule has 0 saturated carbocycles. The van der Waals surface area contributed by atoms with Crippen LogP contribution in [0.25, 0.3) is 16.5 Å². The van der Waals surface area contributed by atoms with Crippen LogP contribution in [-0.2, 0) is 6.54 Å². The fraction of sp³-hybridized carbons (Fsp3) is 0.0870. The van der Waals surface area contributed by atoms with Gasteiger partial charge >= 0.3 is 0 Å². The van der Waals surface area contributed by atoms with Gasteiger partial charge in [0, 0.05) is 33.8 Å². The first-order chi connectivity index (χ1) is 12.7. The smallest absolute Gasteiger partial charge is 0.203 e. The van der Waals surface area contributed by atoms with Gasteiger partial charge in [-0.05, 0) is 18.2 Å². The van der Waals surface area contributed by atoms with Gasteiger partial charge in [0.15, 0.2) is 5.76 Å². The Labute approximate surface area is 152 Å². The van der Waals surface area contributed by atoms with Crippen LogP contribution < -0.4 is 0 Å². The van der Waals surface area contributed by atoms with Crippen molar-refractivity contribution < 1.29 is 8.99 Å². The molecule has 0 amide bonds. The van der Waals surface area contributed by atoms with Crippen LogP contribution in [0.15, 0.2) is 90.2 Å². The molecule has 0 aliphatic rings. The Bertz CT molecular complexity index is 1040. The zero-order chi connectivity index (χ0) is 17.9. The predicted octanol–water partition coefficient (Wildman–Crippen LogP) is 5.43. The number of nitrogens with one attached hydrogen (secondary N) is 1. The van der Waals surface area contributed by atoms with E-state index in [9.17, 15) is 0 Å². The highest BCUT2D eigenvalue weighted by molar-refractivity contribution is 5.93. The summed E-state index contributed by atoms with van der Waals surface area (Å²) in [6, 6.07) is 22.4. The number of rotatable bonds is 6. The molecule has 1 N–H and O–H groups in total. The molecule has 3 nitrogen and oxygen atoms in total. The van der Waals surface area contributed by atoms with Crippen molar-refractivity contribution in [2.24, 2.45) is 0 Å². The number of para-hydroxylation sites is 1. The van der Waals surface area contributed by atoms with Crippen LogP contribution in [0.2, 0.25) is 0 Å². The van der Waals surface area contributed by atoms with E-state index in [4.69, 9.17) is 4.42 Å². The lowest BCUT2D eigenvalue weighted by atomic mass is 9.93. The molecule has 4 aromatic rings. The van der Waals surface area contributed by atoms with Crippen molar-refractivity contribution in [3.8, 4) is 0 Å². The molecule has 3 heteroatoms. The molecule has 1 unspecified atom stereocenters. The third-order valence-corrected chi connectivity index (χ3v) is 4.68. The Kier molecular flexibility index (Phi) is 4.28. The summed E-state index contributed by atoms with van der Waals surface area (Å²) in [6.07, 6.45) is 3.72. The van der Waals surface area contributed by atoms with Crippen LogP contribution in [-0.4, -0.2) is 16.3 Å². The van der Waals surface area contributed by atoms with Crippen molar-refractivity contribution in [2.45, 2.75) is 12.6 Å². The second-order valence-corrected chi connectivity index (χ2v) is 6.41. The summed E-state index contributed by atoms with van der Waals surface area (Å²) in [5.41, 5.74) is 4.39. The second-order valence-electron chi connectivity index (χ2n) is 6.41. The molecule has 0 spiro atoms. The van der Waals surface area contributed by atoms with Crippen molar-refractivity contribution >= 4 is 23.2 Å². The van der Waals surface area contributed by atoms with Gasteiger partial charge in [-0.2, -0.15) is 0 Å². The van der Waals surface area contributed by atoms with E-state index in [0.29, 0.717) is 6.54 Å². The van der Waals surface area contributed by atoms with E-state index >= 15 is 0 Å². The highest BCUT2D eigenvalue weighted by atomic mass is 16.3. The topological polar surface area (TPSA) is 31.9 Å². The molecule has 128 valence electrons. The maximum atomic E-state index is 5.51. The highest BCUT2D eigenvalue weighted by Gasteiger charge is 2.28. The highest BCUT2D eigenvalue weighted by Crippen LogP contribution is 2.35. The third kappa shape index (κ3) is 3.00. The second kappa shape index (κ2) is 6.89. The summed E-state index contributed by atoms with van der Waals surface area (Å²) >= 11 is 0. The summed E-state index contributed by atoms with van der Waals surface area (Å²) < 4.78 is 7.54. The van der Waals surface area contributed by atoms with Gasteiger partial charge in [0.05, 0.1) is 6.26 Å². The number of H-pyrrole nitrogens is 1. The van der Waals surface area contributed by atoms with E-state index < -0.39 is 0 Å². The zero-order valence-corrected chi connectivity index (χ0v) is 14.6. The summed E-state index contributed by atoms with van der Waals surface area (Å²) in [4.78, 5) is 3.34. The molecule has 0 bridgehead atoms. The Morgan fingerprint density at radius 2 is 1.77 bits per heavy atom. The number of furan rings is 1. The summed E-state index contributed by atoms with van der Waals surface area (Å²) in [5.74, 6) is 0.882. The number of fused-ring (bicyclic) bond motifs is 1. The summed E-state index contributed by atoms with van der Waals surface area (Å²) in [6.45, 7) is 9.35. The lowest BCUT2D eigenvalue weighted by Gasteiger charge is -2.17. The number of nitrogens with zero attached hydrogens (tertiary/aromatic N) is 1. The normalized spacial score (nSPS) is 12.2. The Hall–Kier alpha value is -3.33. The number of aromatic amines is 1. The van der Waals surface area contributed by atoms with Gasteiger partial charge in [-0.1, -0.05) is 55.1 Å². The zero-order valence-electron chi connectivity index (χ0n) is 14.6. The Morgan fingerprint density at radius 3 is 2.54 bits per heavy atom. The lowest BCUT2D eigenvalue weighted by Crippen LogP contribution is -2.18. The van der Waals surface area contributed by atoms with E-state index in [1.54, 1.807) is 6.26 Å². The SMILES string of the molecule is C=C(c1c[nH]c2ccccc12)C(c1ccccc1)[N+](=C)Cc1ccco1. The molecule has 0 saturated heterocycles. The lowest BCUT2D eigenvalue weighted by molar-refractivity contribution is -0.567. The predicted molar refractivity (Wildman–Crippen MR) is 106 cm³/mol.